The van der Waals surface area contributed by atoms with Gasteiger partial charge in [-0.05, 0) is 18.3 Å². The van der Waals surface area contributed by atoms with Gasteiger partial charge in [0, 0.05) is 12.5 Å². The highest BCUT2D eigenvalue weighted by Crippen LogP contribution is 2.26. The quantitative estimate of drug-likeness (QED) is 0.588. The zero-order valence-electron chi connectivity index (χ0n) is 12.2. The van der Waals surface area contributed by atoms with Crippen LogP contribution in [-0.4, -0.2) is 37.4 Å². The molecule has 0 aliphatic carbocycles. The van der Waals surface area contributed by atoms with Crippen LogP contribution in [0.1, 0.15) is 40.5 Å². The number of hydrogen-bond acceptors (Lipinski definition) is 3. The molecule has 0 radical (unpaired) electrons. The molecule has 0 aromatic heterocycles. The maximum atomic E-state index is 12.1. The highest BCUT2D eigenvalue weighted by Gasteiger charge is 2.27. The SMILES string of the molecule is CCC(C(=O)NCCOCCO)C(CC)C(C)C. The molecule has 4 nitrogen and oxygen atoms in total. The molecule has 0 saturated carbocycles. The summed E-state index contributed by atoms with van der Waals surface area (Å²) in [6.07, 6.45) is 1.91. The van der Waals surface area contributed by atoms with Crippen LogP contribution in [0, 0.1) is 17.8 Å². The number of amides is 1. The van der Waals surface area contributed by atoms with Gasteiger partial charge < -0.3 is 15.2 Å². The molecule has 108 valence electrons. The van der Waals surface area contributed by atoms with E-state index in [1.54, 1.807) is 0 Å². The zero-order valence-corrected chi connectivity index (χ0v) is 12.2. The first-order valence-corrected chi connectivity index (χ1v) is 7.04. The van der Waals surface area contributed by atoms with E-state index in [4.69, 9.17) is 9.84 Å². The molecule has 0 bridgehead atoms. The Labute approximate surface area is 111 Å². The fraction of sp³-hybridized carbons (Fsp3) is 0.929. The smallest absolute Gasteiger partial charge is 0.223 e. The molecular formula is C14H29NO3. The van der Waals surface area contributed by atoms with Gasteiger partial charge in [0.05, 0.1) is 19.8 Å². The van der Waals surface area contributed by atoms with Gasteiger partial charge in [-0.1, -0.05) is 34.1 Å². The summed E-state index contributed by atoms with van der Waals surface area (Å²) in [5, 5.41) is 11.5. The number of hydrogen-bond donors (Lipinski definition) is 2. The molecule has 0 heterocycles. The average molecular weight is 259 g/mol. The van der Waals surface area contributed by atoms with Crippen molar-refractivity contribution in [2.75, 3.05) is 26.4 Å². The van der Waals surface area contributed by atoms with Crippen molar-refractivity contribution in [3.05, 3.63) is 0 Å². The molecule has 0 rings (SSSR count). The van der Waals surface area contributed by atoms with Crippen LogP contribution in [0.3, 0.4) is 0 Å². The Kier molecular flexibility index (Phi) is 9.98. The van der Waals surface area contributed by atoms with Gasteiger partial charge in [-0.15, -0.1) is 0 Å². The fourth-order valence-corrected chi connectivity index (χ4v) is 2.45. The molecule has 0 fully saturated rings. The number of aliphatic hydroxyl groups is 1. The Hall–Kier alpha value is -0.610. The van der Waals surface area contributed by atoms with Gasteiger partial charge >= 0.3 is 0 Å². The van der Waals surface area contributed by atoms with Crippen LogP contribution in [0.4, 0.5) is 0 Å². The molecule has 0 aliphatic rings. The average Bonchev–Trinajstić information content (AvgIpc) is 2.34. The number of rotatable bonds is 10. The lowest BCUT2D eigenvalue weighted by Crippen LogP contribution is -2.38. The minimum Gasteiger partial charge on any atom is -0.394 e. The van der Waals surface area contributed by atoms with E-state index in [-0.39, 0.29) is 18.4 Å². The van der Waals surface area contributed by atoms with E-state index in [1.807, 2.05) is 0 Å². The topological polar surface area (TPSA) is 58.6 Å². The second kappa shape index (κ2) is 10.3. The highest BCUT2D eigenvalue weighted by atomic mass is 16.5. The lowest BCUT2D eigenvalue weighted by Gasteiger charge is -2.27. The van der Waals surface area contributed by atoms with E-state index in [9.17, 15) is 4.79 Å². The van der Waals surface area contributed by atoms with Crippen molar-refractivity contribution in [3.8, 4) is 0 Å². The number of ether oxygens (including phenoxy) is 1. The molecule has 2 unspecified atom stereocenters. The Balaban J connectivity index is 4.10. The van der Waals surface area contributed by atoms with Crippen molar-refractivity contribution in [1.82, 2.24) is 5.32 Å². The van der Waals surface area contributed by atoms with Gasteiger partial charge in [0.1, 0.15) is 0 Å². The molecule has 4 heteroatoms. The summed E-state index contributed by atoms with van der Waals surface area (Å²) in [6.45, 7) is 9.89. The van der Waals surface area contributed by atoms with Crippen LogP contribution in [0.25, 0.3) is 0 Å². The molecule has 0 aromatic rings. The molecule has 0 spiro atoms. The first kappa shape index (κ1) is 17.4. The van der Waals surface area contributed by atoms with Crippen molar-refractivity contribution in [1.29, 1.82) is 0 Å². The van der Waals surface area contributed by atoms with E-state index in [2.05, 4.69) is 33.0 Å². The van der Waals surface area contributed by atoms with Crippen molar-refractivity contribution >= 4 is 5.91 Å². The minimum absolute atomic E-state index is 0.0246. The first-order valence-electron chi connectivity index (χ1n) is 7.04. The van der Waals surface area contributed by atoms with Crippen LogP contribution in [0.5, 0.6) is 0 Å². The molecule has 1 amide bonds. The lowest BCUT2D eigenvalue weighted by atomic mass is 9.79. The molecular weight excluding hydrogens is 230 g/mol. The predicted molar refractivity (Wildman–Crippen MR) is 73.3 cm³/mol. The Bertz CT molecular complexity index is 219. The monoisotopic (exact) mass is 259 g/mol. The number of nitrogens with one attached hydrogen (secondary N) is 1. The van der Waals surface area contributed by atoms with Crippen LogP contribution in [0.15, 0.2) is 0 Å². The number of aliphatic hydroxyl groups excluding tert-OH is 1. The molecule has 0 aromatic carbocycles. The second-order valence-corrected chi connectivity index (χ2v) is 4.96. The normalized spacial score (nSPS) is 14.6. The Morgan fingerprint density at radius 1 is 1.22 bits per heavy atom. The molecule has 2 N–H and O–H groups in total. The summed E-state index contributed by atoms with van der Waals surface area (Å²) in [5.74, 6) is 1.18. The van der Waals surface area contributed by atoms with Gasteiger partial charge in [0.25, 0.3) is 0 Å². The van der Waals surface area contributed by atoms with Gasteiger partial charge in [-0.3, -0.25) is 4.79 Å². The van der Waals surface area contributed by atoms with Gasteiger partial charge in [-0.25, -0.2) is 0 Å². The summed E-state index contributed by atoms with van der Waals surface area (Å²) < 4.78 is 5.12. The number of carbonyl (C=O) groups excluding carboxylic acids is 1. The van der Waals surface area contributed by atoms with Crippen molar-refractivity contribution in [2.24, 2.45) is 17.8 Å². The minimum atomic E-state index is 0.0246. The summed E-state index contributed by atoms with van der Waals surface area (Å²) in [7, 11) is 0. The Morgan fingerprint density at radius 3 is 2.33 bits per heavy atom. The third-order valence-electron chi connectivity index (χ3n) is 3.40. The summed E-state index contributed by atoms with van der Waals surface area (Å²) in [6, 6.07) is 0. The second-order valence-electron chi connectivity index (χ2n) is 4.96. The summed E-state index contributed by atoms with van der Waals surface area (Å²) in [4.78, 5) is 12.1. The summed E-state index contributed by atoms with van der Waals surface area (Å²) in [5.41, 5.74) is 0. The van der Waals surface area contributed by atoms with Crippen molar-refractivity contribution in [3.63, 3.8) is 0 Å². The zero-order chi connectivity index (χ0) is 14.0. The van der Waals surface area contributed by atoms with Crippen LogP contribution in [-0.2, 0) is 9.53 Å². The van der Waals surface area contributed by atoms with Gasteiger partial charge in [0.15, 0.2) is 0 Å². The van der Waals surface area contributed by atoms with Gasteiger partial charge in [-0.2, -0.15) is 0 Å². The first-order chi connectivity index (χ1) is 8.58. The molecule has 2 atom stereocenters. The number of carbonyl (C=O) groups is 1. The Morgan fingerprint density at radius 2 is 1.89 bits per heavy atom. The third kappa shape index (κ3) is 6.36. The maximum absolute atomic E-state index is 12.1. The van der Waals surface area contributed by atoms with E-state index >= 15 is 0 Å². The molecule has 18 heavy (non-hydrogen) atoms. The van der Waals surface area contributed by atoms with Gasteiger partial charge in [0.2, 0.25) is 5.91 Å². The van der Waals surface area contributed by atoms with Crippen molar-refractivity contribution < 1.29 is 14.6 Å². The largest absolute Gasteiger partial charge is 0.394 e. The van der Waals surface area contributed by atoms with E-state index in [1.165, 1.54) is 0 Å². The molecule has 0 aliphatic heterocycles. The summed E-state index contributed by atoms with van der Waals surface area (Å²) >= 11 is 0. The van der Waals surface area contributed by atoms with Crippen LogP contribution < -0.4 is 5.32 Å². The van der Waals surface area contributed by atoms with Crippen LogP contribution in [0.2, 0.25) is 0 Å². The van der Waals surface area contributed by atoms with E-state index < -0.39 is 0 Å². The van der Waals surface area contributed by atoms with E-state index in [0.717, 1.165) is 12.8 Å². The third-order valence-corrected chi connectivity index (χ3v) is 3.40. The van der Waals surface area contributed by atoms with E-state index in [0.29, 0.717) is 31.6 Å². The van der Waals surface area contributed by atoms with Crippen molar-refractivity contribution in [2.45, 2.75) is 40.5 Å². The fourth-order valence-electron chi connectivity index (χ4n) is 2.45. The highest BCUT2D eigenvalue weighted by molar-refractivity contribution is 5.78. The maximum Gasteiger partial charge on any atom is 0.223 e. The lowest BCUT2D eigenvalue weighted by molar-refractivity contribution is -0.127. The molecule has 0 saturated heterocycles. The standard InChI is InChI=1S/C14H29NO3/c1-5-12(11(3)4)13(6-2)14(17)15-7-9-18-10-8-16/h11-13,16H,5-10H2,1-4H3,(H,15,17). The predicted octanol–water partition coefficient (Wildman–Crippen LogP) is 1.82. The van der Waals surface area contributed by atoms with Crippen LogP contribution >= 0.6 is 0 Å².